The molecule has 2 aromatic rings. The van der Waals surface area contributed by atoms with Crippen molar-refractivity contribution < 1.29 is 4.74 Å². The molecule has 17 heavy (non-hydrogen) atoms. The second-order valence-electron chi connectivity index (χ2n) is 3.29. The molecule has 7 nitrogen and oxygen atoms in total. The molecule has 0 aliphatic heterocycles. The molecule has 0 unspecified atom stereocenters. The highest BCUT2D eigenvalue weighted by Crippen LogP contribution is 2.17. The van der Waals surface area contributed by atoms with Crippen LogP contribution in [0.4, 0.5) is 5.95 Å². The van der Waals surface area contributed by atoms with Gasteiger partial charge in [-0.05, 0) is 13.0 Å². The summed E-state index contributed by atoms with van der Waals surface area (Å²) in [5, 5.41) is 6.95. The summed E-state index contributed by atoms with van der Waals surface area (Å²) in [7, 11) is 3.58. The van der Waals surface area contributed by atoms with Gasteiger partial charge in [0, 0.05) is 20.3 Å². The number of anilines is 1. The third-order valence-corrected chi connectivity index (χ3v) is 2.16. The number of hydrogen-bond donors (Lipinski definition) is 1. The molecule has 7 heteroatoms. The van der Waals surface area contributed by atoms with Gasteiger partial charge in [-0.1, -0.05) is 0 Å². The molecule has 90 valence electrons. The molecule has 0 aromatic carbocycles. The van der Waals surface area contributed by atoms with Gasteiger partial charge in [0.05, 0.1) is 6.61 Å². The Kier molecular flexibility index (Phi) is 3.17. The molecule has 2 aromatic heterocycles. The molecule has 0 fully saturated rings. The van der Waals surface area contributed by atoms with E-state index in [0.29, 0.717) is 24.4 Å². The molecular weight excluding hydrogens is 220 g/mol. The molecule has 0 radical (unpaired) electrons. The Morgan fingerprint density at radius 3 is 2.76 bits per heavy atom. The lowest BCUT2D eigenvalue weighted by atomic mass is 10.4. The average Bonchev–Trinajstić information content (AvgIpc) is 2.75. The monoisotopic (exact) mass is 234 g/mol. The van der Waals surface area contributed by atoms with Crippen molar-refractivity contribution in [3.63, 3.8) is 0 Å². The summed E-state index contributed by atoms with van der Waals surface area (Å²) in [5.41, 5.74) is 0.810. The second kappa shape index (κ2) is 4.77. The van der Waals surface area contributed by atoms with Gasteiger partial charge in [-0.15, -0.1) is 0 Å². The Hall–Kier alpha value is -2.18. The maximum atomic E-state index is 5.30. The van der Waals surface area contributed by atoms with Crippen LogP contribution >= 0.6 is 0 Å². The highest BCUT2D eigenvalue weighted by atomic mass is 16.5. The number of rotatable bonds is 4. The molecular formula is C10H14N6O. The third-order valence-electron chi connectivity index (χ3n) is 2.16. The Morgan fingerprint density at radius 2 is 2.18 bits per heavy atom. The van der Waals surface area contributed by atoms with Crippen molar-refractivity contribution >= 4 is 5.95 Å². The first kappa shape index (κ1) is 11.3. The molecule has 0 aliphatic rings. The summed E-state index contributed by atoms with van der Waals surface area (Å²) in [6, 6.07) is 2.15. The van der Waals surface area contributed by atoms with Crippen LogP contribution in [0.2, 0.25) is 0 Å². The fourth-order valence-corrected chi connectivity index (χ4v) is 1.37. The van der Waals surface area contributed by atoms with Crippen LogP contribution in [0.5, 0.6) is 6.01 Å². The zero-order valence-electron chi connectivity index (χ0n) is 10.0. The fraction of sp³-hybridized carbons (Fsp3) is 0.400. The quantitative estimate of drug-likeness (QED) is 0.839. The summed E-state index contributed by atoms with van der Waals surface area (Å²) in [6.45, 7) is 2.39. The number of ether oxygens (including phenoxy) is 1. The lowest BCUT2D eigenvalue weighted by Crippen LogP contribution is -2.06. The SMILES string of the molecule is CCOc1nc(NC)nc(-c2ccnn2C)n1. The third kappa shape index (κ3) is 2.32. The first-order valence-electron chi connectivity index (χ1n) is 5.29. The summed E-state index contributed by atoms with van der Waals surface area (Å²) in [5.74, 6) is 1.01. The minimum Gasteiger partial charge on any atom is -0.464 e. The second-order valence-corrected chi connectivity index (χ2v) is 3.29. The summed E-state index contributed by atoms with van der Waals surface area (Å²) in [4.78, 5) is 12.6. The van der Waals surface area contributed by atoms with Gasteiger partial charge in [-0.2, -0.15) is 20.1 Å². The number of aryl methyl sites for hydroxylation is 1. The van der Waals surface area contributed by atoms with E-state index in [4.69, 9.17) is 4.74 Å². The summed E-state index contributed by atoms with van der Waals surface area (Å²) in [6.07, 6.45) is 1.69. The van der Waals surface area contributed by atoms with Gasteiger partial charge in [-0.25, -0.2) is 0 Å². The first-order valence-corrected chi connectivity index (χ1v) is 5.29. The van der Waals surface area contributed by atoms with E-state index < -0.39 is 0 Å². The molecule has 0 atom stereocenters. The zero-order valence-corrected chi connectivity index (χ0v) is 10.0. The van der Waals surface area contributed by atoms with Crippen LogP contribution in [0.1, 0.15) is 6.92 Å². The molecule has 2 rings (SSSR count). The van der Waals surface area contributed by atoms with Gasteiger partial charge in [0.15, 0.2) is 5.82 Å². The van der Waals surface area contributed by atoms with Crippen LogP contribution in [-0.4, -0.2) is 38.4 Å². The molecule has 0 saturated carbocycles. The fourth-order valence-electron chi connectivity index (χ4n) is 1.37. The van der Waals surface area contributed by atoms with E-state index in [0.717, 1.165) is 5.69 Å². The van der Waals surface area contributed by atoms with Gasteiger partial charge in [0.25, 0.3) is 0 Å². The van der Waals surface area contributed by atoms with Crippen molar-refractivity contribution in [1.29, 1.82) is 0 Å². The molecule has 0 saturated heterocycles. The van der Waals surface area contributed by atoms with E-state index in [1.165, 1.54) is 0 Å². The van der Waals surface area contributed by atoms with E-state index >= 15 is 0 Å². The number of aromatic nitrogens is 5. The standard InChI is InChI=1S/C10H14N6O/c1-4-17-10-14-8(13-9(11-2)15-10)7-5-6-12-16(7)3/h5-6H,4H2,1-3H3,(H,11,13,14,15). The lowest BCUT2D eigenvalue weighted by Gasteiger charge is -2.06. The van der Waals surface area contributed by atoms with Crippen LogP contribution in [-0.2, 0) is 7.05 Å². The van der Waals surface area contributed by atoms with E-state index in [-0.39, 0.29) is 0 Å². The van der Waals surface area contributed by atoms with Crippen LogP contribution in [0.3, 0.4) is 0 Å². The topological polar surface area (TPSA) is 77.8 Å². The summed E-state index contributed by atoms with van der Waals surface area (Å²) < 4.78 is 6.99. The van der Waals surface area contributed by atoms with Gasteiger partial charge in [-0.3, -0.25) is 4.68 Å². The van der Waals surface area contributed by atoms with Crippen molar-refractivity contribution in [3.8, 4) is 17.5 Å². The van der Waals surface area contributed by atoms with E-state index in [9.17, 15) is 0 Å². The van der Waals surface area contributed by atoms with Crippen molar-refractivity contribution in [3.05, 3.63) is 12.3 Å². The minimum absolute atomic E-state index is 0.308. The maximum absolute atomic E-state index is 5.30. The van der Waals surface area contributed by atoms with E-state index in [1.807, 2.05) is 20.0 Å². The summed E-state index contributed by atoms with van der Waals surface area (Å²) >= 11 is 0. The Labute approximate surface area is 98.9 Å². The van der Waals surface area contributed by atoms with Gasteiger partial charge >= 0.3 is 6.01 Å². The van der Waals surface area contributed by atoms with Gasteiger partial charge < -0.3 is 10.1 Å². The zero-order chi connectivity index (χ0) is 12.3. The predicted octanol–water partition coefficient (Wildman–Crippen LogP) is 0.712. The molecule has 1 N–H and O–H groups in total. The molecule has 2 heterocycles. The molecule has 0 spiro atoms. The number of nitrogens with zero attached hydrogens (tertiary/aromatic N) is 5. The van der Waals surface area contributed by atoms with Crippen LogP contribution in [0, 0.1) is 0 Å². The van der Waals surface area contributed by atoms with Crippen molar-refractivity contribution in [2.45, 2.75) is 6.92 Å². The van der Waals surface area contributed by atoms with Gasteiger partial charge in [0.1, 0.15) is 5.69 Å². The highest BCUT2D eigenvalue weighted by molar-refractivity contribution is 5.51. The van der Waals surface area contributed by atoms with Crippen molar-refractivity contribution in [2.75, 3.05) is 19.0 Å². The Bertz CT molecular complexity index is 509. The van der Waals surface area contributed by atoms with E-state index in [2.05, 4.69) is 25.4 Å². The lowest BCUT2D eigenvalue weighted by molar-refractivity contribution is 0.312. The first-order chi connectivity index (χ1) is 8.24. The predicted molar refractivity (Wildman–Crippen MR) is 62.7 cm³/mol. The van der Waals surface area contributed by atoms with E-state index in [1.54, 1.807) is 17.9 Å². The maximum Gasteiger partial charge on any atom is 0.321 e. The smallest absolute Gasteiger partial charge is 0.321 e. The minimum atomic E-state index is 0.308. The average molecular weight is 234 g/mol. The molecule has 0 aliphatic carbocycles. The van der Waals surface area contributed by atoms with Crippen molar-refractivity contribution in [2.24, 2.45) is 7.05 Å². The molecule has 0 amide bonds. The van der Waals surface area contributed by atoms with Crippen LogP contribution in [0.25, 0.3) is 11.5 Å². The normalized spacial score (nSPS) is 10.3. The van der Waals surface area contributed by atoms with Crippen molar-refractivity contribution in [1.82, 2.24) is 24.7 Å². The van der Waals surface area contributed by atoms with Crippen LogP contribution in [0.15, 0.2) is 12.3 Å². The Balaban J connectivity index is 2.46. The number of nitrogens with one attached hydrogen (secondary N) is 1. The van der Waals surface area contributed by atoms with Crippen LogP contribution < -0.4 is 10.1 Å². The number of hydrogen-bond acceptors (Lipinski definition) is 6. The highest BCUT2D eigenvalue weighted by Gasteiger charge is 2.11. The van der Waals surface area contributed by atoms with Gasteiger partial charge in [0.2, 0.25) is 5.95 Å². The largest absolute Gasteiger partial charge is 0.464 e. The Morgan fingerprint density at radius 1 is 1.35 bits per heavy atom. The molecule has 0 bridgehead atoms.